The van der Waals surface area contributed by atoms with E-state index in [1.807, 2.05) is 24.8 Å². The van der Waals surface area contributed by atoms with Crippen LogP contribution in [0.4, 0.5) is 0 Å². The molecule has 2 heterocycles. The quantitative estimate of drug-likeness (QED) is 0.343. The molecule has 0 aromatic carbocycles. The third kappa shape index (κ3) is 14.7. The van der Waals surface area contributed by atoms with E-state index in [9.17, 15) is 0 Å². The molecule has 0 unspecified atom stereocenters. The Morgan fingerprint density at radius 1 is 0.593 bits per heavy atom. The van der Waals surface area contributed by atoms with Gasteiger partial charge in [-0.15, -0.1) is 0 Å². The van der Waals surface area contributed by atoms with Crippen LogP contribution < -0.4 is 30.4 Å². The van der Waals surface area contributed by atoms with Crippen molar-refractivity contribution in [1.82, 2.24) is 0 Å². The van der Waals surface area contributed by atoms with Crippen molar-refractivity contribution in [3.05, 3.63) is 60.2 Å². The van der Waals surface area contributed by atoms with Gasteiger partial charge in [-0.2, -0.15) is 0 Å². The first-order valence-corrected chi connectivity index (χ1v) is 6.98. The maximum Gasteiger partial charge on any atom is 2.00 e. The molecule has 2 N–H and O–H groups in total. The van der Waals surface area contributed by atoms with E-state index in [1.54, 1.807) is 0 Å². The molecule has 0 saturated carbocycles. The van der Waals surface area contributed by atoms with Gasteiger partial charge in [0.2, 0.25) is 0 Å². The zero-order valence-corrected chi connectivity index (χ0v) is 14.5. The molecule has 0 aliphatic heterocycles. The molecule has 2 rings (SSSR count). The van der Waals surface area contributed by atoms with Gasteiger partial charge in [-0.1, -0.05) is 0 Å². The number of rotatable bonds is 3. The summed E-state index contributed by atoms with van der Waals surface area (Å²) in [4.78, 5) is 41.8. The van der Waals surface area contributed by atoms with Gasteiger partial charge in [0, 0.05) is 24.3 Å². The van der Waals surface area contributed by atoms with E-state index in [-0.39, 0.29) is 17.1 Å². The summed E-state index contributed by atoms with van der Waals surface area (Å²) < 4.78 is 0. The van der Waals surface area contributed by atoms with Crippen LogP contribution in [-0.2, 0) is 49.1 Å². The number of aromatic amines is 2. The Morgan fingerprint density at radius 2 is 0.815 bits per heavy atom. The van der Waals surface area contributed by atoms with Crippen molar-refractivity contribution in [1.29, 1.82) is 0 Å². The minimum atomic E-state index is -2.19. The molecule has 2 aromatic heterocycles. The van der Waals surface area contributed by atoms with Gasteiger partial charge in [0.15, 0.2) is 24.8 Å². The number of hydrogen-bond donors (Lipinski definition) is 0. The Morgan fingerprint density at radius 3 is 1.00 bits per heavy atom. The van der Waals surface area contributed by atoms with E-state index < -0.39 is 23.9 Å². The van der Waals surface area contributed by atoms with Crippen molar-refractivity contribution in [2.45, 2.75) is 12.8 Å². The van der Waals surface area contributed by atoms with E-state index in [4.69, 9.17) is 39.6 Å². The number of carbonyl (C=O) groups excluding carboxylic acids is 4. The summed E-state index contributed by atoms with van der Waals surface area (Å²) in [5.41, 5.74) is 2.74. The van der Waals surface area contributed by atoms with Crippen LogP contribution in [0.25, 0.3) is 0 Å². The predicted molar refractivity (Wildman–Crippen MR) is 73.4 cm³/mol. The molecule has 27 heavy (non-hydrogen) atoms. The first-order chi connectivity index (χ1) is 12.2. The molecule has 0 bridgehead atoms. The number of H-pyrrole nitrogens is 2. The molecular weight excluding hydrogens is 412 g/mol. The summed E-state index contributed by atoms with van der Waals surface area (Å²) in [6.45, 7) is 0. The van der Waals surface area contributed by atoms with Gasteiger partial charge < -0.3 is 39.6 Å². The minimum absolute atomic E-state index is 0. The zero-order chi connectivity index (χ0) is 19.9. The van der Waals surface area contributed by atoms with Crippen LogP contribution in [0.2, 0.25) is 0 Å². The van der Waals surface area contributed by atoms with E-state index in [2.05, 4.69) is 34.2 Å². The van der Waals surface area contributed by atoms with Crippen LogP contribution in [0, 0.1) is 0 Å². The van der Waals surface area contributed by atoms with Crippen LogP contribution >= 0.6 is 0 Å². The van der Waals surface area contributed by atoms with Crippen molar-refractivity contribution in [2.75, 3.05) is 0 Å². The number of nitrogens with one attached hydrogen (secondary N) is 2. The van der Waals surface area contributed by atoms with Crippen molar-refractivity contribution >= 4 is 23.9 Å². The second-order valence-electron chi connectivity index (χ2n) is 4.47. The van der Waals surface area contributed by atoms with Gasteiger partial charge >= 0.3 is 17.1 Å². The van der Waals surface area contributed by atoms with Gasteiger partial charge in [-0.25, -0.2) is 9.97 Å². The van der Waals surface area contributed by atoms with Gasteiger partial charge in [0.25, 0.3) is 0 Å². The predicted octanol–water partition coefficient (Wildman–Crippen LogP) is -5.93. The minimum Gasteiger partial charge on any atom is -0.543 e. The molecule has 0 spiro atoms. The van der Waals surface area contributed by atoms with Crippen LogP contribution in [0.5, 0.6) is 0 Å². The number of carboxylic acids is 4. The molecule has 0 amide bonds. The van der Waals surface area contributed by atoms with Crippen molar-refractivity contribution in [2.24, 2.45) is 0 Å². The van der Waals surface area contributed by atoms with Gasteiger partial charge in [0.1, 0.15) is 0 Å². The number of carbonyl (C=O) groups is 4. The molecule has 0 aliphatic rings. The van der Waals surface area contributed by atoms with Crippen molar-refractivity contribution < 1.29 is 66.6 Å². The summed E-state index contributed by atoms with van der Waals surface area (Å²) in [6.07, 6.45) is 10.1. The summed E-state index contributed by atoms with van der Waals surface area (Å²) in [6, 6.07) is 8.48. The number of hydrogen-bond acceptors (Lipinski definition) is 8. The van der Waals surface area contributed by atoms with E-state index in [0.29, 0.717) is 0 Å². The molecule has 0 aliphatic carbocycles. The number of carboxylic acid groups (broad SMARTS) is 4. The normalized spacial score (nSPS) is 8.44. The number of pyridine rings is 2. The third-order valence-corrected chi connectivity index (χ3v) is 2.61. The van der Waals surface area contributed by atoms with E-state index >= 15 is 0 Å². The van der Waals surface area contributed by atoms with Crippen LogP contribution in [0.1, 0.15) is 11.1 Å². The van der Waals surface area contributed by atoms with Gasteiger partial charge in [-0.3, -0.25) is 0 Å². The molecule has 1 radical (unpaired) electrons. The summed E-state index contributed by atoms with van der Waals surface area (Å²) in [7, 11) is 0. The van der Waals surface area contributed by atoms with Crippen LogP contribution in [-0.4, -0.2) is 23.9 Å². The summed E-state index contributed by atoms with van der Waals surface area (Å²) in [5, 5.41) is 35.7. The fourth-order valence-corrected chi connectivity index (χ4v) is 1.46. The Hall–Kier alpha value is -3.30. The number of aromatic nitrogens is 2. The standard InChI is InChI=1S/C12H12N2.2C2H2O4.Cu/c1(11-3-7-13-8-4-11)2-12-5-9-14-10-6-12;2*3-1(4)2(5)6;/h3-10H,1-2H2;2*(H,3,4)(H,5,6);/q;;;+2/p-2. The second-order valence-corrected chi connectivity index (χ2v) is 4.47. The Kier molecular flexibility index (Phi) is 14.4. The maximum absolute atomic E-state index is 8.93. The number of aryl methyl sites for hydroxylation is 2. The molecule has 0 fully saturated rings. The molecule has 11 heteroatoms. The average Bonchev–Trinajstić information content (AvgIpc) is 2.62. The molecule has 147 valence electrons. The largest absolute Gasteiger partial charge is 2.00 e. The monoisotopic (exact) mass is 425 g/mol. The SMILES string of the molecule is O=C([O-])C(=O)[O-].O=C([O-])C(=O)[O-].[Cu+2].c1cc(CCc2cc[nH+]cc2)cc[nH+]1. The smallest absolute Gasteiger partial charge is 0.543 e. The fraction of sp³-hybridized carbons (Fsp3) is 0.125. The molecular formula is C16H14CuN2O8. The van der Waals surface area contributed by atoms with Gasteiger partial charge in [0.05, 0.1) is 23.9 Å². The Balaban J connectivity index is 0. The van der Waals surface area contributed by atoms with E-state index in [0.717, 1.165) is 12.8 Å². The molecule has 10 nitrogen and oxygen atoms in total. The third-order valence-electron chi connectivity index (χ3n) is 2.61. The van der Waals surface area contributed by atoms with Crippen LogP contribution in [0.15, 0.2) is 49.1 Å². The van der Waals surface area contributed by atoms with Gasteiger partial charge in [-0.05, 0) is 24.0 Å². The number of aliphatic carboxylic acids is 4. The summed E-state index contributed by atoms with van der Waals surface area (Å²) in [5.74, 6) is -8.74. The Bertz CT molecular complexity index is 638. The molecule has 0 atom stereocenters. The fourth-order valence-electron chi connectivity index (χ4n) is 1.46. The first-order valence-electron chi connectivity index (χ1n) is 6.98. The molecule has 2 aromatic rings. The van der Waals surface area contributed by atoms with Crippen LogP contribution in [0.3, 0.4) is 0 Å². The van der Waals surface area contributed by atoms with Crippen molar-refractivity contribution in [3.63, 3.8) is 0 Å². The average molecular weight is 426 g/mol. The van der Waals surface area contributed by atoms with E-state index in [1.165, 1.54) is 11.1 Å². The summed E-state index contributed by atoms with van der Waals surface area (Å²) >= 11 is 0. The Labute approximate surface area is 164 Å². The topological polar surface area (TPSA) is 189 Å². The maximum atomic E-state index is 8.93. The second kappa shape index (κ2) is 15.0. The zero-order valence-electron chi connectivity index (χ0n) is 13.6. The van der Waals surface area contributed by atoms with Crippen molar-refractivity contribution in [3.8, 4) is 0 Å². The molecule has 0 saturated heterocycles. The first kappa shape index (κ1) is 25.9.